The summed E-state index contributed by atoms with van der Waals surface area (Å²) in [6.07, 6.45) is 0. The van der Waals surface area contributed by atoms with Gasteiger partial charge in [0.2, 0.25) is 0 Å². The Morgan fingerprint density at radius 2 is 1.95 bits per heavy atom. The number of carboxylic acids is 1. The molecule has 1 N–H and O–H groups in total. The van der Waals surface area contributed by atoms with E-state index in [-0.39, 0.29) is 5.56 Å². The number of halogens is 2. The van der Waals surface area contributed by atoms with E-state index in [0.29, 0.717) is 26.0 Å². The van der Waals surface area contributed by atoms with Gasteiger partial charge in [0.1, 0.15) is 0 Å². The van der Waals surface area contributed by atoms with Gasteiger partial charge >= 0.3 is 5.97 Å². The van der Waals surface area contributed by atoms with Crippen LogP contribution in [0, 0.1) is 0 Å². The third-order valence-corrected chi connectivity index (χ3v) is 4.32. The van der Waals surface area contributed by atoms with Crippen LogP contribution in [0.15, 0.2) is 36.4 Å². The molecular formula is C14H7Cl2NO2S. The summed E-state index contributed by atoms with van der Waals surface area (Å²) in [6, 6.07) is 10.1. The van der Waals surface area contributed by atoms with Gasteiger partial charge in [-0.1, -0.05) is 23.2 Å². The molecule has 0 bridgehead atoms. The molecule has 2 heterocycles. The van der Waals surface area contributed by atoms with Gasteiger partial charge in [0, 0.05) is 10.4 Å². The third-order valence-electron chi connectivity index (χ3n) is 2.83. The summed E-state index contributed by atoms with van der Waals surface area (Å²) < 4.78 is 0.634. The summed E-state index contributed by atoms with van der Waals surface area (Å²) in [4.78, 5) is 16.7. The van der Waals surface area contributed by atoms with Crippen molar-refractivity contribution in [1.29, 1.82) is 0 Å². The maximum Gasteiger partial charge on any atom is 0.336 e. The monoisotopic (exact) mass is 323 g/mol. The lowest BCUT2D eigenvalue weighted by atomic mass is 10.1. The number of rotatable bonds is 2. The van der Waals surface area contributed by atoms with Crippen molar-refractivity contribution in [3.63, 3.8) is 0 Å². The number of hydrogen-bond donors (Lipinski definition) is 1. The average molecular weight is 324 g/mol. The Kier molecular flexibility index (Phi) is 3.38. The lowest BCUT2D eigenvalue weighted by Gasteiger charge is -2.06. The minimum atomic E-state index is -1.01. The van der Waals surface area contributed by atoms with Gasteiger partial charge in [-0.05, 0) is 36.4 Å². The zero-order chi connectivity index (χ0) is 14.3. The molecule has 0 radical (unpaired) electrons. The van der Waals surface area contributed by atoms with E-state index < -0.39 is 5.97 Å². The first kappa shape index (κ1) is 13.4. The predicted molar refractivity (Wildman–Crippen MR) is 82.0 cm³/mol. The number of pyridine rings is 1. The van der Waals surface area contributed by atoms with E-state index in [1.54, 1.807) is 30.3 Å². The highest BCUT2D eigenvalue weighted by Gasteiger charge is 2.14. The number of nitrogens with zero attached hydrogens (tertiary/aromatic N) is 1. The molecule has 20 heavy (non-hydrogen) atoms. The molecule has 0 aliphatic carbocycles. The molecule has 0 aliphatic heterocycles. The van der Waals surface area contributed by atoms with Crippen molar-refractivity contribution in [3.05, 3.63) is 51.3 Å². The van der Waals surface area contributed by atoms with E-state index in [1.807, 2.05) is 6.07 Å². The first-order valence-electron chi connectivity index (χ1n) is 5.64. The molecule has 3 nitrogen and oxygen atoms in total. The SMILES string of the molecule is O=C(O)c1cc(-c2ccc(Cl)s2)nc2ccc(Cl)cc12. The fraction of sp³-hybridized carbons (Fsp3) is 0. The van der Waals surface area contributed by atoms with Crippen LogP contribution in [0.3, 0.4) is 0 Å². The highest BCUT2D eigenvalue weighted by atomic mass is 35.5. The van der Waals surface area contributed by atoms with Crippen LogP contribution in [-0.2, 0) is 0 Å². The van der Waals surface area contributed by atoms with Gasteiger partial charge in [0.15, 0.2) is 0 Å². The molecule has 0 saturated carbocycles. The zero-order valence-electron chi connectivity index (χ0n) is 9.93. The minimum absolute atomic E-state index is 0.178. The molecular weight excluding hydrogens is 317 g/mol. The summed E-state index contributed by atoms with van der Waals surface area (Å²) in [5, 5.41) is 10.4. The average Bonchev–Trinajstić information content (AvgIpc) is 2.84. The Morgan fingerprint density at radius 3 is 2.60 bits per heavy atom. The second-order valence-corrected chi connectivity index (χ2v) is 6.28. The van der Waals surface area contributed by atoms with Crippen molar-refractivity contribution in [2.75, 3.05) is 0 Å². The van der Waals surface area contributed by atoms with Crippen LogP contribution in [0.2, 0.25) is 9.36 Å². The fourth-order valence-electron chi connectivity index (χ4n) is 1.95. The van der Waals surface area contributed by atoms with E-state index >= 15 is 0 Å². The lowest BCUT2D eigenvalue weighted by molar-refractivity contribution is 0.0699. The molecule has 0 fully saturated rings. The molecule has 3 aromatic rings. The molecule has 100 valence electrons. The Morgan fingerprint density at radius 1 is 1.15 bits per heavy atom. The Hall–Kier alpha value is -1.62. The second kappa shape index (κ2) is 5.05. The largest absolute Gasteiger partial charge is 0.478 e. The molecule has 0 saturated heterocycles. The van der Waals surface area contributed by atoms with E-state index in [0.717, 1.165) is 4.88 Å². The normalized spacial score (nSPS) is 10.9. The number of benzene rings is 1. The van der Waals surface area contributed by atoms with Crippen LogP contribution in [0.4, 0.5) is 0 Å². The Balaban J connectivity index is 2.31. The number of carbonyl (C=O) groups is 1. The molecule has 6 heteroatoms. The molecule has 2 aromatic heterocycles. The summed E-state index contributed by atoms with van der Waals surface area (Å²) in [7, 11) is 0. The number of thiophene rings is 1. The van der Waals surface area contributed by atoms with E-state index in [2.05, 4.69) is 4.98 Å². The van der Waals surface area contributed by atoms with Crippen LogP contribution < -0.4 is 0 Å². The molecule has 1 aromatic carbocycles. The van der Waals surface area contributed by atoms with Crippen LogP contribution in [-0.4, -0.2) is 16.1 Å². The minimum Gasteiger partial charge on any atom is -0.478 e. The van der Waals surface area contributed by atoms with Crippen molar-refractivity contribution in [2.24, 2.45) is 0 Å². The first-order valence-corrected chi connectivity index (χ1v) is 7.21. The van der Waals surface area contributed by atoms with Crippen molar-refractivity contribution in [3.8, 4) is 10.6 Å². The summed E-state index contributed by atoms with van der Waals surface area (Å²) >= 11 is 13.2. The van der Waals surface area contributed by atoms with E-state index in [4.69, 9.17) is 23.2 Å². The standard InChI is InChI=1S/C14H7Cl2NO2S/c15-7-1-2-10-8(5-7)9(14(18)19)6-11(17-10)12-3-4-13(16)20-12/h1-6H,(H,18,19). The van der Waals surface area contributed by atoms with Crippen molar-refractivity contribution >= 4 is 51.4 Å². The third kappa shape index (κ3) is 2.38. The van der Waals surface area contributed by atoms with Crippen LogP contribution >= 0.6 is 34.5 Å². The number of hydrogen-bond acceptors (Lipinski definition) is 3. The zero-order valence-corrected chi connectivity index (χ0v) is 12.3. The van der Waals surface area contributed by atoms with E-state index in [1.165, 1.54) is 11.3 Å². The van der Waals surface area contributed by atoms with Gasteiger partial charge in [-0.3, -0.25) is 0 Å². The number of fused-ring (bicyclic) bond motifs is 1. The van der Waals surface area contributed by atoms with Crippen LogP contribution in [0.25, 0.3) is 21.5 Å². The number of aromatic nitrogens is 1. The molecule has 0 spiro atoms. The van der Waals surface area contributed by atoms with Crippen LogP contribution in [0.5, 0.6) is 0 Å². The van der Waals surface area contributed by atoms with Gasteiger partial charge < -0.3 is 5.11 Å². The number of aromatic carboxylic acids is 1. The number of carboxylic acid groups (broad SMARTS) is 1. The van der Waals surface area contributed by atoms with Crippen LogP contribution in [0.1, 0.15) is 10.4 Å². The summed E-state index contributed by atoms with van der Waals surface area (Å²) in [5.41, 5.74) is 1.36. The summed E-state index contributed by atoms with van der Waals surface area (Å²) in [5.74, 6) is -1.01. The van der Waals surface area contributed by atoms with Gasteiger partial charge in [0.25, 0.3) is 0 Å². The first-order chi connectivity index (χ1) is 9.54. The second-order valence-electron chi connectivity index (χ2n) is 4.13. The van der Waals surface area contributed by atoms with Crippen molar-refractivity contribution in [1.82, 2.24) is 4.98 Å². The van der Waals surface area contributed by atoms with Crippen molar-refractivity contribution in [2.45, 2.75) is 0 Å². The smallest absolute Gasteiger partial charge is 0.336 e. The topological polar surface area (TPSA) is 50.2 Å². The predicted octanol–water partition coefficient (Wildman–Crippen LogP) is 4.97. The molecule has 0 atom stereocenters. The highest BCUT2D eigenvalue weighted by Crippen LogP contribution is 2.32. The maximum absolute atomic E-state index is 11.4. The Labute approximate surface area is 128 Å². The quantitative estimate of drug-likeness (QED) is 0.724. The maximum atomic E-state index is 11.4. The molecule has 3 rings (SSSR count). The lowest BCUT2D eigenvalue weighted by Crippen LogP contribution is -1.99. The van der Waals surface area contributed by atoms with E-state index in [9.17, 15) is 9.90 Å². The molecule has 0 unspecified atom stereocenters. The van der Waals surface area contributed by atoms with Gasteiger partial charge in [0.05, 0.1) is 26.0 Å². The Bertz CT molecular complexity index is 829. The molecule has 0 amide bonds. The van der Waals surface area contributed by atoms with Gasteiger partial charge in [-0.15, -0.1) is 11.3 Å². The van der Waals surface area contributed by atoms with Crippen molar-refractivity contribution < 1.29 is 9.90 Å². The highest BCUT2D eigenvalue weighted by molar-refractivity contribution is 7.19. The van der Waals surface area contributed by atoms with Gasteiger partial charge in [-0.2, -0.15) is 0 Å². The summed E-state index contributed by atoms with van der Waals surface area (Å²) in [6.45, 7) is 0. The fourth-order valence-corrected chi connectivity index (χ4v) is 3.13. The molecule has 0 aliphatic rings. The van der Waals surface area contributed by atoms with Gasteiger partial charge in [-0.25, -0.2) is 9.78 Å².